The molecule has 8 aromatic carbocycles. The van der Waals surface area contributed by atoms with E-state index >= 15 is 0 Å². The summed E-state index contributed by atoms with van der Waals surface area (Å²) in [4.78, 5) is 26.3. The van der Waals surface area contributed by atoms with Gasteiger partial charge in [0.1, 0.15) is 11.2 Å². The van der Waals surface area contributed by atoms with Crippen LogP contribution < -0.4 is 0 Å². The van der Waals surface area contributed by atoms with Crippen LogP contribution in [0.2, 0.25) is 0 Å². The van der Waals surface area contributed by atoms with E-state index in [-0.39, 0.29) is 0 Å². The fraction of sp³-hybridized carbons (Fsp3) is 0. The van der Waals surface area contributed by atoms with Crippen LogP contribution in [0.5, 0.6) is 0 Å². The van der Waals surface area contributed by atoms with Gasteiger partial charge in [0.25, 0.3) is 0 Å². The van der Waals surface area contributed by atoms with Gasteiger partial charge in [-0.1, -0.05) is 146 Å². The normalized spacial score (nSPS) is 11.9. The van der Waals surface area contributed by atoms with Gasteiger partial charge in [-0.25, -0.2) is 24.9 Å². The second-order valence-corrected chi connectivity index (χ2v) is 14.5. The van der Waals surface area contributed by atoms with Crippen molar-refractivity contribution in [2.45, 2.75) is 0 Å². The molecule has 0 amide bonds. The Bertz CT molecular complexity index is 3470. The summed E-state index contributed by atoms with van der Waals surface area (Å²) in [5.74, 6) is 1.83. The van der Waals surface area contributed by atoms with Gasteiger partial charge in [-0.05, 0) is 73.4 Å². The van der Waals surface area contributed by atoms with Crippen molar-refractivity contribution in [2.24, 2.45) is 0 Å². The minimum Gasteiger partial charge on any atom is -0.284 e. The SMILES string of the molecule is c1cc(-c2nc(-c3cc4ccccc4c4ccccc34)nc(-c3cc4ccccc4c4ccccc34)n2)cc(-c2nc3c(nc4ccccn43)c3ccccc23)c1. The van der Waals surface area contributed by atoms with Crippen LogP contribution in [0.1, 0.15) is 0 Å². The summed E-state index contributed by atoms with van der Waals surface area (Å²) in [7, 11) is 0. The fourth-order valence-corrected chi connectivity index (χ4v) is 8.58. The smallest absolute Gasteiger partial charge is 0.165 e. The first-order valence-electron chi connectivity index (χ1n) is 19.1. The molecule has 264 valence electrons. The summed E-state index contributed by atoms with van der Waals surface area (Å²) in [5, 5.41) is 11.3. The highest BCUT2D eigenvalue weighted by Gasteiger charge is 2.20. The van der Waals surface area contributed by atoms with E-state index in [4.69, 9.17) is 24.9 Å². The van der Waals surface area contributed by atoms with Gasteiger partial charge >= 0.3 is 0 Å². The Labute approximate surface area is 326 Å². The highest BCUT2D eigenvalue weighted by Crippen LogP contribution is 2.39. The molecule has 0 saturated carbocycles. The Morgan fingerprint density at radius 3 is 1.49 bits per heavy atom. The van der Waals surface area contributed by atoms with Gasteiger partial charge in [0.15, 0.2) is 23.1 Å². The molecule has 0 bridgehead atoms. The first kappa shape index (κ1) is 31.5. The summed E-state index contributed by atoms with van der Waals surface area (Å²) in [5.41, 5.74) is 7.20. The van der Waals surface area contributed by atoms with Crippen molar-refractivity contribution in [3.05, 3.63) is 182 Å². The molecule has 0 aliphatic heterocycles. The van der Waals surface area contributed by atoms with E-state index < -0.39 is 0 Å². The lowest BCUT2D eigenvalue weighted by Gasteiger charge is -2.14. The lowest BCUT2D eigenvalue weighted by molar-refractivity contribution is 1.08. The zero-order chi connectivity index (χ0) is 37.5. The minimum absolute atomic E-state index is 0.589. The number of aromatic nitrogens is 6. The molecule has 0 spiro atoms. The van der Waals surface area contributed by atoms with E-state index in [0.717, 1.165) is 87.8 Å². The van der Waals surface area contributed by atoms with Gasteiger partial charge in [0.05, 0.1) is 5.69 Å². The maximum Gasteiger partial charge on any atom is 0.165 e. The predicted octanol–water partition coefficient (Wildman–Crippen LogP) is 12.5. The largest absolute Gasteiger partial charge is 0.284 e. The summed E-state index contributed by atoms with van der Waals surface area (Å²) in [6.07, 6.45) is 2.02. The minimum atomic E-state index is 0.589. The van der Waals surface area contributed by atoms with Crippen molar-refractivity contribution >= 4 is 70.7 Å². The molecule has 0 radical (unpaired) electrons. The maximum absolute atomic E-state index is 5.35. The maximum atomic E-state index is 5.35. The molecule has 0 atom stereocenters. The molecule has 6 nitrogen and oxygen atoms in total. The number of imidazole rings is 1. The average Bonchev–Trinajstić information content (AvgIpc) is 3.67. The number of pyridine rings is 2. The van der Waals surface area contributed by atoms with Crippen LogP contribution in [-0.2, 0) is 0 Å². The number of benzene rings is 8. The number of fused-ring (bicyclic) bond motifs is 11. The molecule has 12 aromatic rings. The van der Waals surface area contributed by atoms with E-state index in [1.165, 1.54) is 10.8 Å². The quantitative estimate of drug-likeness (QED) is 0.169. The third-order valence-electron chi connectivity index (χ3n) is 11.2. The molecule has 0 unspecified atom stereocenters. The first-order valence-corrected chi connectivity index (χ1v) is 19.1. The molecule has 57 heavy (non-hydrogen) atoms. The summed E-state index contributed by atoms with van der Waals surface area (Å²) in [6.45, 7) is 0. The Morgan fingerprint density at radius 1 is 0.333 bits per heavy atom. The van der Waals surface area contributed by atoms with Crippen molar-refractivity contribution < 1.29 is 0 Å². The summed E-state index contributed by atoms with van der Waals surface area (Å²) < 4.78 is 2.06. The zero-order valence-corrected chi connectivity index (χ0v) is 30.5. The second kappa shape index (κ2) is 12.3. The lowest BCUT2D eigenvalue weighted by Crippen LogP contribution is -2.01. The molecule has 4 aromatic heterocycles. The summed E-state index contributed by atoms with van der Waals surface area (Å²) >= 11 is 0. The van der Waals surface area contributed by atoms with Crippen molar-refractivity contribution in [3.8, 4) is 45.4 Å². The molecular formula is C51H30N6. The third kappa shape index (κ3) is 4.94. The third-order valence-corrected chi connectivity index (χ3v) is 11.2. The van der Waals surface area contributed by atoms with Crippen molar-refractivity contribution in [2.75, 3.05) is 0 Å². The van der Waals surface area contributed by atoms with E-state index in [9.17, 15) is 0 Å². The fourth-order valence-electron chi connectivity index (χ4n) is 8.58. The number of rotatable bonds is 4. The molecule has 0 N–H and O–H groups in total. The average molecular weight is 727 g/mol. The van der Waals surface area contributed by atoms with Crippen LogP contribution in [0.3, 0.4) is 0 Å². The van der Waals surface area contributed by atoms with Gasteiger partial charge in [0, 0.05) is 39.2 Å². The Kier molecular flexibility index (Phi) is 6.83. The summed E-state index contributed by atoms with van der Waals surface area (Å²) in [6, 6.07) is 61.4. The highest BCUT2D eigenvalue weighted by atomic mass is 15.1. The molecule has 0 aliphatic rings. The topological polar surface area (TPSA) is 68.9 Å². The van der Waals surface area contributed by atoms with E-state index in [0.29, 0.717) is 17.5 Å². The van der Waals surface area contributed by atoms with Crippen LogP contribution in [0, 0.1) is 0 Å². The van der Waals surface area contributed by atoms with E-state index in [1.807, 2.05) is 24.4 Å². The number of nitrogens with zero attached hydrogens (tertiary/aromatic N) is 6. The monoisotopic (exact) mass is 726 g/mol. The molecule has 0 saturated heterocycles. The standard InChI is InChI=1S/C51H30N6/c1-3-18-35-31(14-1)29-43(39-22-7-5-20-37(35)39)49-54-48(55-50(56-49)44-30-32-15-2-4-19-36(32)38-21-6-8-23-40(38)44)34-17-13-16-33(28-34)46-41-24-9-10-25-42(41)47-51(53-46)57-27-12-11-26-45(57)52-47/h1-30H. The second-order valence-electron chi connectivity index (χ2n) is 14.5. The molecular weight excluding hydrogens is 697 g/mol. The Hall–Kier alpha value is -7.83. The van der Waals surface area contributed by atoms with Crippen LogP contribution in [-0.4, -0.2) is 29.3 Å². The van der Waals surface area contributed by atoms with Crippen molar-refractivity contribution in [3.63, 3.8) is 0 Å². The molecule has 12 rings (SSSR count). The van der Waals surface area contributed by atoms with Crippen LogP contribution in [0.25, 0.3) is 116 Å². The van der Waals surface area contributed by atoms with Crippen LogP contribution in [0.4, 0.5) is 0 Å². The van der Waals surface area contributed by atoms with Crippen LogP contribution >= 0.6 is 0 Å². The predicted molar refractivity (Wildman–Crippen MR) is 233 cm³/mol. The highest BCUT2D eigenvalue weighted by molar-refractivity contribution is 6.15. The lowest BCUT2D eigenvalue weighted by atomic mass is 9.96. The van der Waals surface area contributed by atoms with E-state index in [2.05, 4.69) is 162 Å². The first-order chi connectivity index (χ1) is 28.2. The van der Waals surface area contributed by atoms with Gasteiger partial charge < -0.3 is 0 Å². The molecule has 4 heterocycles. The molecule has 0 fully saturated rings. The van der Waals surface area contributed by atoms with Gasteiger partial charge in [-0.3, -0.25) is 4.40 Å². The number of hydrogen-bond donors (Lipinski definition) is 0. The van der Waals surface area contributed by atoms with Gasteiger partial charge in [-0.15, -0.1) is 0 Å². The van der Waals surface area contributed by atoms with Crippen LogP contribution in [0.15, 0.2) is 182 Å². The van der Waals surface area contributed by atoms with Crippen molar-refractivity contribution in [1.82, 2.24) is 29.3 Å². The number of hydrogen-bond acceptors (Lipinski definition) is 5. The van der Waals surface area contributed by atoms with Crippen molar-refractivity contribution in [1.29, 1.82) is 0 Å². The van der Waals surface area contributed by atoms with Gasteiger partial charge in [0.2, 0.25) is 0 Å². The van der Waals surface area contributed by atoms with E-state index in [1.54, 1.807) is 0 Å². The Balaban J connectivity index is 1.13. The molecule has 6 heteroatoms. The Morgan fingerprint density at radius 2 is 0.842 bits per heavy atom. The molecule has 0 aliphatic carbocycles. The van der Waals surface area contributed by atoms with Gasteiger partial charge in [-0.2, -0.15) is 0 Å². The zero-order valence-electron chi connectivity index (χ0n) is 30.5.